The first-order valence-corrected chi connectivity index (χ1v) is 5.93. The highest BCUT2D eigenvalue weighted by molar-refractivity contribution is 5.27. The van der Waals surface area contributed by atoms with E-state index < -0.39 is 17.8 Å². The molecule has 1 aromatic carbocycles. The molecule has 0 amide bonds. The summed E-state index contributed by atoms with van der Waals surface area (Å²) >= 11 is 0. The minimum Gasteiger partial charge on any atom is -0.392 e. The Morgan fingerprint density at radius 1 is 1.33 bits per heavy atom. The van der Waals surface area contributed by atoms with Crippen molar-refractivity contribution >= 4 is 0 Å². The summed E-state index contributed by atoms with van der Waals surface area (Å²) in [5.41, 5.74) is -0.0854. The molecule has 2 atom stereocenters. The van der Waals surface area contributed by atoms with Crippen LogP contribution in [0.3, 0.4) is 0 Å². The van der Waals surface area contributed by atoms with E-state index in [-0.39, 0.29) is 6.04 Å². The van der Waals surface area contributed by atoms with Crippen LogP contribution in [0.25, 0.3) is 0 Å². The monoisotopic (exact) mass is 261 g/mol. The molecule has 1 rings (SSSR count). The molecule has 0 bridgehead atoms. The number of alkyl halides is 3. The number of aliphatic hydroxyl groups is 1. The molecule has 2 N–H and O–H groups in total. The van der Waals surface area contributed by atoms with Gasteiger partial charge in [0.15, 0.2) is 0 Å². The van der Waals surface area contributed by atoms with E-state index in [2.05, 4.69) is 5.32 Å². The molecule has 5 heteroatoms. The van der Waals surface area contributed by atoms with Crippen LogP contribution >= 0.6 is 0 Å². The van der Waals surface area contributed by atoms with Crippen LogP contribution in [0.4, 0.5) is 13.2 Å². The third kappa shape index (κ3) is 4.31. The number of hydrogen-bond donors (Lipinski definition) is 2. The van der Waals surface area contributed by atoms with Crippen molar-refractivity contribution in [3.8, 4) is 0 Å². The first-order valence-electron chi connectivity index (χ1n) is 5.93. The van der Waals surface area contributed by atoms with Crippen molar-refractivity contribution in [2.45, 2.75) is 38.6 Å². The van der Waals surface area contributed by atoms with Gasteiger partial charge >= 0.3 is 6.18 Å². The first kappa shape index (κ1) is 15.0. The quantitative estimate of drug-likeness (QED) is 0.853. The molecule has 102 valence electrons. The summed E-state index contributed by atoms with van der Waals surface area (Å²) in [5, 5.41) is 12.4. The Balaban J connectivity index is 2.71. The van der Waals surface area contributed by atoms with E-state index in [1.54, 1.807) is 13.0 Å². The number of aliphatic hydroxyl groups excluding tert-OH is 1. The van der Waals surface area contributed by atoms with Gasteiger partial charge in [0.25, 0.3) is 0 Å². The first-order chi connectivity index (χ1) is 8.34. The van der Waals surface area contributed by atoms with Crippen molar-refractivity contribution in [1.82, 2.24) is 5.32 Å². The molecule has 0 saturated carbocycles. The summed E-state index contributed by atoms with van der Waals surface area (Å²) in [4.78, 5) is 0. The largest absolute Gasteiger partial charge is 0.416 e. The van der Waals surface area contributed by atoms with Crippen LogP contribution in [0.1, 0.15) is 37.4 Å². The summed E-state index contributed by atoms with van der Waals surface area (Å²) in [6, 6.07) is 5.00. The van der Waals surface area contributed by atoms with Crippen LogP contribution in [0.2, 0.25) is 0 Å². The maximum Gasteiger partial charge on any atom is 0.416 e. The lowest BCUT2D eigenvalue weighted by molar-refractivity contribution is -0.137. The van der Waals surface area contributed by atoms with Gasteiger partial charge in [-0.1, -0.05) is 19.1 Å². The van der Waals surface area contributed by atoms with Crippen LogP contribution in [0.5, 0.6) is 0 Å². The predicted octanol–water partition coefficient (Wildman–Crippen LogP) is 3.13. The Morgan fingerprint density at radius 3 is 2.56 bits per heavy atom. The highest BCUT2D eigenvalue weighted by Crippen LogP contribution is 2.30. The van der Waals surface area contributed by atoms with E-state index >= 15 is 0 Å². The van der Waals surface area contributed by atoms with Crippen LogP contribution in [-0.4, -0.2) is 17.8 Å². The SMILES string of the molecule is CCC(O)CNC(C)c1cccc(C(F)(F)F)c1. The van der Waals surface area contributed by atoms with Crippen LogP contribution < -0.4 is 5.32 Å². The van der Waals surface area contributed by atoms with Gasteiger partial charge < -0.3 is 10.4 Å². The van der Waals surface area contributed by atoms with Gasteiger partial charge in [-0.2, -0.15) is 13.2 Å². The van der Waals surface area contributed by atoms with E-state index in [4.69, 9.17) is 0 Å². The fourth-order valence-corrected chi connectivity index (χ4v) is 1.56. The molecule has 0 aliphatic carbocycles. The van der Waals surface area contributed by atoms with Crippen molar-refractivity contribution in [2.24, 2.45) is 0 Å². The molecule has 0 aliphatic heterocycles. The number of rotatable bonds is 5. The van der Waals surface area contributed by atoms with Gasteiger partial charge in [0.2, 0.25) is 0 Å². The van der Waals surface area contributed by atoms with Gasteiger partial charge in [-0.05, 0) is 31.0 Å². The Kier molecular flexibility index (Phi) is 5.16. The van der Waals surface area contributed by atoms with E-state index in [0.29, 0.717) is 18.5 Å². The zero-order valence-corrected chi connectivity index (χ0v) is 10.5. The van der Waals surface area contributed by atoms with Gasteiger partial charge in [0, 0.05) is 12.6 Å². The maximum absolute atomic E-state index is 12.5. The van der Waals surface area contributed by atoms with Crippen LogP contribution in [0, 0.1) is 0 Å². The van der Waals surface area contributed by atoms with Crippen LogP contribution in [0.15, 0.2) is 24.3 Å². The highest BCUT2D eigenvalue weighted by Gasteiger charge is 2.30. The zero-order chi connectivity index (χ0) is 13.8. The molecule has 0 heterocycles. The fourth-order valence-electron chi connectivity index (χ4n) is 1.56. The van der Waals surface area contributed by atoms with E-state index in [1.807, 2.05) is 6.92 Å². The van der Waals surface area contributed by atoms with Crippen LogP contribution in [-0.2, 0) is 6.18 Å². The lowest BCUT2D eigenvalue weighted by Crippen LogP contribution is -2.28. The van der Waals surface area contributed by atoms with Crippen molar-refractivity contribution in [3.05, 3.63) is 35.4 Å². The highest BCUT2D eigenvalue weighted by atomic mass is 19.4. The molecule has 0 aliphatic rings. The number of nitrogens with one attached hydrogen (secondary N) is 1. The van der Waals surface area contributed by atoms with Gasteiger partial charge in [-0.25, -0.2) is 0 Å². The second-order valence-electron chi connectivity index (χ2n) is 4.32. The number of hydrogen-bond acceptors (Lipinski definition) is 2. The van der Waals surface area contributed by atoms with Gasteiger partial charge in [0.05, 0.1) is 11.7 Å². The van der Waals surface area contributed by atoms with E-state index in [0.717, 1.165) is 12.1 Å². The standard InChI is InChI=1S/C13H18F3NO/c1-3-12(18)8-17-9(2)10-5-4-6-11(7-10)13(14,15)16/h4-7,9,12,17-18H,3,8H2,1-2H3. The van der Waals surface area contributed by atoms with Crippen molar-refractivity contribution in [3.63, 3.8) is 0 Å². The van der Waals surface area contributed by atoms with Gasteiger partial charge in [-0.3, -0.25) is 0 Å². The average molecular weight is 261 g/mol. The summed E-state index contributed by atoms with van der Waals surface area (Å²) < 4.78 is 37.6. The molecular weight excluding hydrogens is 243 g/mol. The van der Waals surface area contributed by atoms with E-state index in [9.17, 15) is 18.3 Å². The molecule has 1 aromatic rings. The summed E-state index contributed by atoms with van der Waals surface area (Å²) in [6.07, 6.45) is -4.18. The second kappa shape index (κ2) is 6.20. The predicted molar refractivity (Wildman–Crippen MR) is 64.2 cm³/mol. The topological polar surface area (TPSA) is 32.3 Å². The van der Waals surface area contributed by atoms with Gasteiger partial charge in [-0.15, -0.1) is 0 Å². The zero-order valence-electron chi connectivity index (χ0n) is 10.5. The number of benzene rings is 1. The van der Waals surface area contributed by atoms with Crippen molar-refractivity contribution in [2.75, 3.05) is 6.54 Å². The third-order valence-corrected chi connectivity index (χ3v) is 2.84. The Labute approximate surface area is 105 Å². The minimum absolute atomic E-state index is 0.228. The molecule has 0 saturated heterocycles. The normalized spacial score (nSPS) is 15.4. The van der Waals surface area contributed by atoms with Gasteiger partial charge in [0.1, 0.15) is 0 Å². The average Bonchev–Trinajstić information content (AvgIpc) is 2.34. The second-order valence-corrected chi connectivity index (χ2v) is 4.32. The summed E-state index contributed by atoms with van der Waals surface area (Å²) in [5.74, 6) is 0. The molecule has 0 spiro atoms. The lowest BCUT2D eigenvalue weighted by Gasteiger charge is -2.18. The van der Waals surface area contributed by atoms with E-state index in [1.165, 1.54) is 6.07 Å². The van der Waals surface area contributed by atoms with Crippen molar-refractivity contribution < 1.29 is 18.3 Å². The number of halogens is 3. The molecule has 0 aromatic heterocycles. The minimum atomic E-state index is -4.32. The summed E-state index contributed by atoms with van der Waals surface area (Å²) in [6.45, 7) is 3.99. The van der Waals surface area contributed by atoms with Crippen molar-refractivity contribution in [1.29, 1.82) is 0 Å². The Morgan fingerprint density at radius 2 is 2.00 bits per heavy atom. The smallest absolute Gasteiger partial charge is 0.392 e. The molecule has 2 unspecified atom stereocenters. The molecule has 0 radical (unpaired) electrons. The fraction of sp³-hybridized carbons (Fsp3) is 0.538. The Bertz CT molecular complexity index is 379. The molecular formula is C13H18F3NO. The maximum atomic E-state index is 12.5. The lowest BCUT2D eigenvalue weighted by atomic mass is 10.0. The Hall–Kier alpha value is -1.07. The molecule has 18 heavy (non-hydrogen) atoms. The summed E-state index contributed by atoms with van der Waals surface area (Å²) in [7, 11) is 0. The third-order valence-electron chi connectivity index (χ3n) is 2.84. The molecule has 2 nitrogen and oxygen atoms in total. The molecule has 0 fully saturated rings.